The van der Waals surface area contributed by atoms with Gasteiger partial charge in [-0.2, -0.15) is 0 Å². The summed E-state index contributed by atoms with van der Waals surface area (Å²) in [6, 6.07) is 13.1. The van der Waals surface area contributed by atoms with Gasteiger partial charge in [0.1, 0.15) is 0 Å². The maximum absolute atomic E-state index is 12.8. The van der Waals surface area contributed by atoms with Crippen LogP contribution in [0.4, 0.5) is 0 Å². The molecule has 0 spiro atoms. The maximum Gasteiger partial charge on any atom is 0.224 e. The molecule has 0 aromatic heterocycles. The van der Waals surface area contributed by atoms with Gasteiger partial charge in [-0.15, -0.1) is 0 Å². The summed E-state index contributed by atoms with van der Waals surface area (Å²) >= 11 is 18.2. The number of carbonyl (C=O) groups is 1. The van der Waals surface area contributed by atoms with Gasteiger partial charge in [0, 0.05) is 28.2 Å². The maximum atomic E-state index is 12.8. The van der Waals surface area contributed by atoms with Crippen molar-refractivity contribution in [3.8, 4) is 0 Å². The third-order valence-corrected chi connectivity index (χ3v) is 5.85. The fourth-order valence-electron chi connectivity index (χ4n) is 3.47. The number of amides is 1. The van der Waals surface area contributed by atoms with Crippen LogP contribution < -0.4 is 5.32 Å². The van der Waals surface area contributed by atoms with Gasteiger partial charge in [-0.1, -0.05) is 53.0 Å². The summed E-state index contributed by atoms with van der Waals surface area (Å²) in [5, 5.41) is 5.14. The SMILES string of the molecule is CC(NC(=O)C1CCCN(Cc2ccc(Cl)cc2Cl)C1)c1ccc(Cl)cc1. The Hall–Kier alpha value is -1.26. The zero-order chi connectivity index (χ0) is 19.4. The molecule has 1 aliphatic heterocycles. The molecule has 1 amide bonds. The van der Waals surface area contributed by atoms with Gasteiger partial charge in [0.15, 0.2) is 0 Å². The van der Waals surface area contributed by atoms with Crippen LogP contribution >= 0.6 is 34.8 Å². The second-order valence-electron chi connectivity index (χ2n) is 7.09. The van der Waals surface area contributed by atoms with Crippen LogP contribution in [0.15, 0.2) is 42.5 Å². The Morgan fingerprint density at radius 1 is 1.15 bits per heavy atom. The summed E-state index contributed by atoms with van der Waals surface area (Å²) in [7, 11) is 0. The Balaban J connectivity index is 1.58. The first-order chi connectivity index (χ1) is 12.9. The van der Waals surface area contributed by atoms with Crippen LogP contribution in [0, 0.1) is 5.92 Å². The van der Waals surface area contributed by atoms with Gasteiger partial charge in [-0.25, -0.2) is 0 Å². The van der Waals surface area contributed by atoms with Gasteiger partial charge in [0.2, 0.25) is 5.91 Å². The lowest BCUT2D eigenvalue weighted by Gasteiger charge is -2.32. The number of hydrogen-bond acceptors (Lipinski definition) is 2. The highest BCUT2D eigenvalue weighted by Gasteiger charge is 2.27. The monoisotopic (exact) mass is 424 g/mol. The topological polar surface area (TPSA) is 32.3 Å². The van der Waals surface area contributed by atoms with E-state index >= 15 is 0 Å². The molecule has 6 heteroatoms. The molecule has 2 atom stereocenters. The van der Waals surface area contributed by atoms with Crippen molar-refractivity contribution in [3.63, 3.8) is 0 Å². The molecule has 144 valence electrons. The van der Waals surface area contributed by atoms with Crippen LogP contribution in [0.5, 0.6) is 0 Å². The zero-order valence-electron chi connectivity index (χ0n) is 15.2. The normalized spacial score (nSPS) is 18.9. The van der Waals surface area contributed by atoms with Gasteiger partial charge in [-0.05, 0) is 61.7 Å². The molecule has 2 unspecified atom stereocenters. The molecule has 0 aliphatic carbocycles. The third-order valence-electron chi connectivity index (χ3n) is 5.01. The van der Waals surface area contributed by atoms with E-state index in [1.54, 1.807) is 6.07 Å². The molecule has 2 aromatic carbocycles. The molecule has 1 N–H and O–H groups in total. The third kappa shape index (κ3) is 5.61. The highest BCUT2D eigenvalue weighted by molar-refractivity contribution is 6.35. The molecule has 0 bridgehead atoms. The van der Waals surface area contributed by atoms with Crippen molar-refractivity contribution in [2.24, 2.45) is 5.92 Å². The number of likely N-dealkylation sites (tertiary alicyclic amines) is 1. The number of benzene rings is 2. The van der Waals surface area contributed by atoms with Gasteiger partial charge in [0.25, 0.3) is 0 Å². The van der Waals surface area contributed by atoms with Gasteiger partial charge >= 0.3 is 0 Å². The van der Waals surface area contributed by atoms with Crippen molar-refractivity contribution in [1.29, 1.82) is 0 Å². The highest BCUT2D eigenvalue weighted by atomic mass is 35.5. The van der Waals surface area contributed by atoms with Gasteiger partial charge in [-0.3, -0.25) is 9.69 Å². The molecule has 1 fully saturated rings. The molecule has 0 radical (unpaired) electrons. The zero-order valence-corrected chi connectivity index (χ0v) is 17.5. The predicted molar refractivity (Wildman–Crippen MR) is 112 cm³/mol. The Morgan fingerprint density at radius 2 is 1.85 bits per heavy atom. The number of nitrogens with one attached hydrogen (secondary N) is 1. The Labute approximate surface area is 175 Å². The highest BCUT2D eigenvalue weighted by Crippen LogP contribution is 2.25. The first kappa shape index (κ1) is 20.5. The van der Waals surface area contributed by atoms with Crippen LogP contribution in [-0.4, -0.2) is 23.9 Å². The molecule has 3 rings (SSSR count). The summed E-state index contributed by atoms with van der Waals surface area (Å²) < 4.78 is 0. The van der Waals surface area contributed by atoms with Crippen molar-refractivity contribution in [3.05, 3.63) is 68.7 Å². The van der Waals surface area contributed by atoms with E-state index in [9.17, 15) is 4.79 Å². The number of rotatable bonds is 5. The average Bonchev–Trinajstić information content (AvgIpc) is 2.65. The van der Waals surface area contributed by atoms with Crippen LogP contribution in [0.2, 0.25) is 15.1 Å². The van der Waals surface area contributed by atoms with E-state index in [4.69, 9.17) is 34.8 Å². The van der Waals surface area contributed by atoms with E-state index < -0.39 is 0 Å². The summed E-state index contributed by atoms with van der Waals surface area (Å²) in [5.41, 5.74) is 2.09. The van der Waals surface area contributed by atoms with E-state index in [1.807, 2.05) is 43.3 Å². The first-order valence-electron chi connectivity index (χ1n) is 9.14. The number of hydrogen-bond donors (Lipinski definition) is 1. The van der Waals surface area contributed by atoms with E-state index in [-0.39, 0.29) is 17.9 Å². The molecule has 0 saturated carbocycles. The summed E-state index contributed by atoms with van der Waals surface area (Å²) in [4.78, 5) is 15.0. The lowest BCUT2D eigenvalue weighted by Crippen LogP contribution is -2.43. The summed E-state index contributed by atoms with van der Waals surface area (Å²) in [6.45, 7) is 4.43. The second kappa shape index (κ2) is 9.29. The minimum Gasteiger partial charge on any atom is -0.349 e. The Bertz CT molecular complexity index is 795. The fraction of sp³-hybridized carbons (Fsp3) is 0.381. The van der Waals surface area contributed by atoms with E-state index in [2.05, 4.69) is 10.2 Å². The molecule has 3 nitrogen and oxygen atoms in total. The molecular weight excluding hydrogens is 403 g/mol. The molecule has 2 aromatic rings. The van der Waals surface area contributed by atoms with E-state index in [0.29, 0.717) is 15.1 Å². The van der Waals surface area contributed by atoms with Crippen LogP contribution in [-0.2, 0) is 11.3 Å². The quantitative estimate of drug-likeness (QED) is 0.663. The minimum atomic E-state index is -0.0455. The number of piperidine rings is 1. The summed E-state index contributed by atoms with van der Waals surface area (Å²) in [6.07, 6.45) is 1.91. The number of carbonyl (C=O) groups excluding carboxylic acids is 1. The second-order valence-corrected chi connectivity index (χ2v) is 8.37. The van der Waals surface area contributed by atoms with Gasteiger partial charge in [0.05, 0.1) is 12.0 Å². The van der Waals surface area contributed by atoms with Crippen LogP contribution in [0.1, 0.15) is 36.9 Å². The predicted octanol–water partition coefficient (Wildman–Crippen LogP) is 5.74. The van der Waals surface area contributed by atoms with Crippen molar-refractivity contribution in [2.75, 3.05) is 13.1 Å². The van der Waals surface area contributed by atoms with Gasteiger partial charge < -0.3 is 5.32 Å². The Morgan fingerprint density at radius 3 is 2.56 bits per heavy atom. The fourth-order valence-corrected chi connectivity index (χ4v) is 4.06. The van der Waals surface area contributed by atoms with Crippen molar-refractivity contribution in [2.45, 2.75) is 32.4 Å². The molecule has 1 saturated heterocycles. The Kier molecular flexibility index (Phi) is 7.04. The van der Waals surface area contributed by atoms with Crippen molar-refractivity contribution < 1.29 is 4.79 Å². The van der Waals surface area contributed by atoms with E-state index in [0.717, 1.165) is 43.6 Å². The lowest BCUT2D eigenvalue weighted by molar-refractivity contribution is -0.127. The average molecular weight is 426 g/mol. The minimum absolute atomic E-state index is 0.0143. The van der Waals surface area contributed by atoms with Crippen molar-refractivity contribution >= 4 is 40.7 Å². The number of halogens is 3. The smallest absolute Gasteiger partial charge is 0.224 e. The van der Waals surface area contributed by atoms with Crippen LogP contribution in [0.25, 0.3) is 0 Å². The molecule has 1 aliphatic rings. The lowest BCUT2D eigenvalue weighted by atomic mass is 9.96. The van der Waals surface area contributed by atoms with E-state index in [1.165, 1.54) is 0 Å². The molecular formula is C21H23Cl3N2O. The molecule has 1 heterocycles. The first-order valence-corrected chi connectivity index (χ1v) is 10.3. The van der Waals surface area contributed by atoms with Crippen molar-refractivity contribution in [1.82, 2.24) is 10.2 Å². The largest absolute Gasteiger partial charge is 0.349 e. The standard InChI is InChI=1S/C21H23Cl3N2O/c1-14(15-4-7-18(22)8-5-15)25-21(27)17-3-2-10-26(13-17)12-16-6-9-19(23)11-20(16)24/h4-9,11,14,17H,2-3,10,12-13H2,1H3,(H,25,27). The molecule has 27 heavy (non-hydrogen) atoms. The van der Waals surface area contributed by atoms with Crippen LogP contribution in [0.3, 0.4) is 0 Å². The number of nitrogens with zero attached hydrogens (tertiary/aromatic N) is 1. The summed E-state index contributed by atoms with van der Waals surface area (Å²) in [5.74, 6) is 0.0870.